The second-order valence-electron chi connectivity index (χ2n) is 6.47. The standard InChI is InChI=1S/C22H22N2O5S/c1-28-17-9-8-16(12-18(17)29-2)10-11-23-20(25)14-24-21(26)19(30-22(24)27)13-15-6-4-3-5-7-15/h3-9,12-13H,10-11,14H2,1-2H3,(H,23,25)/b19-13-. The Hall–Kier alpha value is -3.26. The molecule has 30 heavy (non-hydrogen) atoms. The molecule has 0 saturated carbocycles. The van der Waals surface area contributed by atoms with Gasteiger partial charge < -0.3 is 14.8 Å². The summed E-state index contributed by atoms with van der Waals surface area (Å²) in [4.78, 5) is 38.2. The molecule has 0 unspecified atom stereocenters. The molecule has 1 heterocycles. The maximum Gasteiger partial charge on any atom is 0.294 e. The fourth-order valence-electron chi connectivity index (χ4n) is 2.92. The van der Waals surface area contributed by atoms with E-state index in [0.717, 1.165) is 27.8 Å². The first-order valence-electron chi connectivity index (χ1n) is 9.30. The highest BCUT2D eigenvalue weighted by Gasteiger charge is 2.36. The predicted octanol–water partition coefficient (Wildman–Crippen LogP) is 3.10. The molecular formula is C22H22N2O5S. The summed E-state index contributed by atoms with van der Waals surface area (Å²) < 4.78 is 10.5. The van der Waals surface area contributed by atoms with Crippen LogP contribution in [0, 0.1) is 0 Å². The normalized spacial score (nSPS) is 14.9. The summed E-state index contributed by atoms with van der Waals surface area (Å²) in [5, 5.41) is 2.30. The van der Waals surface area contributed by atoms with Crippen LogP contribution in [0.5, 0.6) is 11.5 Å². The molecule has 2 aromatic rings. The number of imide groups is 1. The van der Waals surface area contributed by atoms with Gasteiger partial charge in [-0.05, 0) is 47.5 Å². The van der Waals surface area contributed by atoms with E-state index in [1.165, 1.54) is 0 Å². The van der Waals surface area contributed by atoms with Crippen LogP contribution >= 0.6 is 11.8 Å². The van der Waals surface area contributed by atoms with Crippen molar-refractivity contribution in [1.82, 2.24) is 10.2 Å². The van der Waals surface area contributed by atoms with Gasteiger partial charge in [0.15, 0.2) is 11.5 Å². The minimum absolute atomic E-state index is 0.303. The molecule has 0 aromatic heterocycles. The number of carbonyl (C=O) groups excluding carboxylic acids is 3. The number of carbonyl (C=O) groups is 3. The average Bonchev–Trinajstić information content (AvgIpc) is 3.01. The summed E-state index contributed by atoms with van der Waals surface area (Å²) in [7, 11) is 3.13. The maximum atomic E-state index is 12.5. The third kappa shape index (κ3) is 5.21. The minimum atomic E-state index is -0.455. The first-order valence-corrected chi connectivity index (χ1v) is 10.1. The fourth-order valence-corrected chi connectivity index (χ4v) is 3.76. The van der Waals surface area contributed by atoms with Crippen LogP contribution in [0.25, 0.3) is 6.08 Å². The molecule has 2 aromatic carbocycles. The van der Waals surface area contributed by atoms with Crippen LogP contribution in [-0.4, -0.2) is 49.3 Å². The van der Waals surface area contributed by atoms with E-state index in [2.05, 4.69) is 5.32 Å². The number of nitrogens with zero attached hydrogens (tertiary/aromatic N) is 1. The molecule has 0 radical (unpaired) electrons. The van der Waals surface area contributed by atoms with Crippen LogP contribution in [0.4, 0.5) is 4.79 Å². The Morgan fingerprint density at radius 3 is 2.50 bits per heavy atom. The largest absolute Gasteiger partial charge is 0.493 e. The third-order valence-electron chi connectivity index (χ3n) is 4.46. The molecule has 1 aliphatic rings. The number of thioether (sulfide) groups is 1. The van der Waals surface area contributed by atoms with Crippen molar-refractivity contribution in [2.45, 2.75) is 6.42 Å². The number of benzene rings is 2. The summed E-state index contributed by atoms with van der Waals surface area (Å²) in [6.07, 6.45) is 2.22. The number of hydrogen-bond donors (Lipinski definition) is 1. The quantitative estimate of drug-likeness (QED) is 0.653. The number of ether oxygens (including phenoxy) is 2. The molecule has 3 amide bonds. The van der Waals surface area contributed by atoms with E-state index in [-0.39, 0.29) is 6.54 Å². The predicted molar refractivity (Wildman–Crippen MR) is 115 cm³/mol. The Balaban J connectivity index is 1.53. The van der Waals surface area contributed by atoms with E-state index >= 15 is 0 Å². The lowest BCUT2D eigenvalue weighted by Crippen LogP contribution is -2.40. The molecule has 0 aliphatic carbocycles. The van der Waals surface area contributed by atoms with E-state index in [4.69, 9.17) is 9.47 Å². The van der Waals surface area contributed by atoms with Gasteiger partial charge in [-0.25, -0.2) is 0 Å². The highest BCUT2D eigenvalue weighted by molar-refractivity contribution is 8.18. The Labute approximate surface area is 179 Å². The molecule has 1 fully saturated rings. The molecule has 1 saturated heterocycles. The Morgan fingerprint density at radius 2 is 1.80 bits per heavy atom. The maximum absolute atomic E-state index is 12.5. The minimum Gasteiger partial charge on any atom is -0.493 e. The van der Waals surface area contributed by atoms with Crippen LogP contribution < -0.4 is 14.8 Å². The van der Waals surface area contributed by atoms with Crippen LogP contribution in [0.2, 0.25) is 0 Å². The zero-order valence-corrected chi connectivity index (χ0v) is 17.5. The highest BCUT2D eigenvalue weighted by atomic mass is 32.2. The molecule has 0 bridgehead atoms. The fraction of sp³-hybridized carbons (Fsp3) is 0.227. The summed E-state index contributed by atoms with van der Waals surface area (Å²) in [6, 6.07) is 14.8. The molecule has 1 aliphatic heterocycles. The van der Waals surface area contributed by atoms with Crippen LogP contribution in [-0.2, 0) is 16.0 Å². The number of hydrogen-bond acceptors (Lipinski definition) is 6. The van der Waals surface area contributed by atoms with E-state index in [9.17, 15) is 14.4 Å². The number of rotatable bonds is 8. The van der Waals surface area contributed by atoms with Gasteiger partial charge >= 0.3 is 0 Å². The second kappa shape index (κ2) is 9.98. The zero-order chi connectivity index (χ0) is 21.5. The molecule has 0 atom stereocenters. The monoisotopic (exact) mass is 426 g/mol. The van der Waals surface area contributed by atoms with Crippen molar-refractivity contribution < 1.29 is 23.9 Å². The van der Waals surface area contributed by atoms with Crippen molar-refractivity contribution in [2.24, 2.45) is 0 Å². The molecule has 3 rings (SSSR count). The summed E-state index contributed by atoms with van der Waals surface area (Å²) in [5.74, 6) is 0.403. The van der Waals surface area contributed by atoms with E-state index in [1.54, 1.807) is 26.4 Å². The lowest BCUT2D eigenvalue weighted by Gasteiger charge is -2.13. The van der Waals surface area contributed by atoms with Gasteiger partial charge in [0.25, 0.3) is 11.1 Å². The second-order valence-corrected chi connectivity index (χ2v) is 7.46. The molecular weight excluding hydrogens is 404 g/mol. The van der Waals surface area contributed by atoms with Crippen molar-refractivity contribution in [3.63, 3.8) is 0 Å². The summed E-state index contributed by atoms with van der Waals surface area (Å²) in [5.41, 5.74) is 1.78. The first kappa shape index (κ1) is 21.4. The van der Waals surface area contributed by atoms with Crippen LogP contribution in [0.15, 0.2) is 53.4 Å². The van der Waals surface area contributed by atoms with Crippen LogP contribution in [0.1, 0.15) is 11.1 Å². The topological polar surface area (TPSA) is 84.9 Å². The Morgan fingerprint density at radius 1 is 1.07 bits per heavy atom. The Kier molecular flexibility index (Phi) is 7.13. The highest BCUT2D eigenvalue weighted by Crippen LogP contribution is 2.32. The number of amides is 3. The van der Waals surface area contributed by atoms with E-state index in [1.807, 2.05) is 42.5 Å². The molecule has 156 valence electrons. The molecule has 8 heteroatoms. The van der Waals surface area contributed by atoms with Crippen molar-refractivity contribution in [2.75, 3.05) is 27.3 Å². The van der Waals surface area contributed by atoms with Gasteiger partial charge in [-0.2, -0.15) is 0 Å². The lowest BCUT2D eigenvalue weighted by molar-refractivity contribution is -0.129. The van der Waals surface area contributed by atoms with Crippen molar-refractivity contribution >= 4 is 34.9 Å². The van der Waals surface area contributed by atoms with Gasteiger partial charge in [0.05, 0.1) is 19.1 Å². The van der Waals surface area contributed by atoms with Crippen molar-refractivity contribution in [1.29, 1.82) is 0 Å². The summed E-state index contributed by atoms with van der Waals surface area (Å²) in [6.45, 7) is 0.0626. The third-order valence-corrected chi connectivity index (χ3v) is 5.36. The Bertz CT molecular complexity index is 975. The van der Waals surface area contributed by atoms with E-state index < -0.39 is 17.1 Å². The molecule has 0 spiro atoms. The van der Waals surface area contributed by atoms with Crippen LogP contribution in [0.3, 0.4) is 0 Å². The van der Waals surface area contributed by atoms with Gasteiger partial charge in [0, 0.05) is 6.54 Å². The summed E-state index contributed by atoms with van der Waals surface area (Å²) >= 11 is 0.840. The SMILES string of the molecule is COc1ccc(CCNC(=O)CN2C(=O)S/C(=C\c3ccccc3)C2=O)cc1OC. The lowest BCUT2D eigenvalue weighted by atomic mass is 10.1. The smallest absolute Gasteiger partial charge is 0.294 e. The van der Waals surface area contributed by atoms with E-state index in [0.29, 0.717) is 29.4 Å². The molecule has 1 N–H and O–H groups in total. The number of nitrogens with one attached hydrogen (secondary N) is 1. The average molecular weight is 426 g/mol. The zero-order valence-electron chi connectivity index (χ0n) is 16.7. The van der Waals surface area contributed by atoms with Crippen molar-refractivity contribution in [3.8, 4) is 11.5 Å². The van der Waals surface area contributed by atoms with Gasteiger partial charge in [-0.1, -0.05) is 36.4 Å². The van der Waals surface area contributed by atoms with Gasteiger partial charge in [0.2, 0.25) is 5.91 Å². The number of methoxy groups -OCH3 is 2. The van der Waals surface area contributed by atoms with Gasteiger partial charge in [0.1, 0.15) is 6.54 Å². The van der Waals surface area contributed by atoms with Gasteiger partial charge in [-0.3, -0.25) is 19.3 Å². The van der Waals surface area contributed by atoms with Gasteiger partial charge in [-0.15, -0.1) is 0 Å². The molecule has 7 nitrogen and oxygen atoms in total. The van der Waals surface area contributed by atoms with Crippen molar-refractivity contribution in [3.05, 3.63) is 64.6 Å². The first-order chi connectivity index (χ1) is 14.5.